The summed E-state index contributed by atoms with van der Waals surface area (Å²) in [6.07, 6.45) is -6.45. The standard InChI is InChI=1S/C5H6F7O3PS/c1-14-16(13,17)15-2-3(6,7)4(8,9)5(10,11)12/h2H2,1H3,(H,13,17). The number of hydrogen-bond acceptors (Lipinski definition) is 3. The van der Waals surface area contributed by atoms with Crippen LogP contribution in [-0.2, 0) is 20.9 Å². The highest BCUT2D eigenvalue weighted by molar-refractivity contribution is 8.07. The van der Waals surface area contributed by atoms with Gasteiger partial charge in [0.25, 0.3) is 0 Å². The van der Waals surface area contributed by atoms with Crippen LogP contribution in [0.5, 0.6) is 0 Å². The normalized spacial score (nSPS) is 17.9. The highest BCUT2D eigenvalue weighted by Gasteiger charge is 2.73. The number of hydrogen-bond donors (Lipinski definition) is 1. The average Bonchev–Trinajstić information content (AvgIpc) is 2.13. The Kier molecular flexibility index (Phi) is 4.97. The molecule has 0 amide bonds. The van der Waals surface area contributed by atoms with Gasteiger partial charge >= 0.3 is 24.7 Å². The van der Waals surface area contributed by atoms with Crippen molar-refractivity contribution in [3.8, 4) is 0 Å². The van der Waals surface area contributed by atoms with Crippen molar-refractivity contribution in [2.75, 3.05) is 13.7 Å². The molecular formula is C5H6F7O3PS. The Bertz CT molecular complexity index is 317. The molecule has 17 heavy (non-hydrogen) atoms. The summed E-state index contributed by atoms with van der Waals surface area (Å²) in [4.78, 5) is 8.78. The molecule has 0 aliphatic rings. The van der Waals surface area contributed by atoms with Crippen LogP contribution in [0.3, 0.4) is 0 Å². The molecule has 0 aromatic carbocycles. The van der Waals surface area contributed by atoms with Crippen molar-refractivity contribution in [1.29, 1.82) is 0 Å². The zero-order valence-corrected chi connectivity index (χ0v) is 9.68. The van der Waals surface area contributed by atoms with Crippen molar-refractivity contribution in [1.82, 2.24) is 0 Å². The zero-order chi connectivity index (χ0) is 14.1. The summed E-state index contributed by atoms with van der Waals surface area (Å²) in [5, 5.41) is 0. The fraction of sp³-hybridized carbons (Fsp3) is 1.00. The second kappa shape index (κ2) is 4.96. The molecule has 0 aromatic heterocycles. The Labute approximate surface area is 95.8 Å². The highest BCUT2D eigenvalue weighted by Crippen LogP contribution is 2.50. The molecule has 0 saturated carbocycles. The van der Waals surface area contributed by atoms with Gasteiger partial charge in [-0.05, 0) is 11.8 Å². The van der Waals surface area contributed by atoms with Gasteiger partial charge in [-0.25, -0.2) is 0 Å². The van der Waals surface area contributed by atoms with Crippen molar-refractivity contribution >= 4 is 18.5 Å². The van der Waals surface area contributed by atoms with E-state index in [1.54, 1.807) is 0 Å². The fourth-order valence-electron chi connectivity index (χ4n) is 0.513. The molecule has 0 heterocycles. The van der Waals surface area contributed by atoms with Gasteiger partial charge in [-0.2, -0.15) is 30.7 Å². The predicted molar refractivity (Wildman–Crippen MR) is 45.4 cm³/mol. The van der Waals surface area contributed by atoms with E-state index in [0.29, 0.717) is 0 Å². The first-order chi connectivity index (χ1) is 7.27. The van der Waals surface area contributed by atoms with E-state index in [9.17, 15) is 30.7 Å². The lowest BCUT2D eigenvalue weighted by Crippen LogP contribution is -2.54. The Morgan fingerprint density at radius 3 is 1.82 bits per heavy atom. The van der Waals surface area contributed by atoms with Crippen LogP contribution in [0.4, 0.5) is 30.7 Å². The summed E-state index contributed by atoms with van der Waals surface area (Å²) in [6, 6.07) is 0. The molecule has 1 atom stereocenters. The Hall–Kier alpha value is 0.0400. The zero-order valence-electron chi connectivity index (χ0n) is 7.97. The van der Waals surface area contributed by atoms with Gasteiger partial charge in [0.05, 0.1) is 0 Å². The lowest BCUT2D eigenvalue weighted by Gasteiger charge is -2.28. The minimum absolute atomic E-state index is 0.723. The first-order valence-electron chi connectivity index (χ1n) is 3.62. The Morgan fingerprint density at radius 2 is 1.53 bits per heavy atom. The van der Waals surface area contributed by atoms with Crippen molar-refractivity contribution in [3.63, 3.8) is 0 Å². The monoisotopic (exact) mass is 310 g/mol. The second-order valence-electron chi connectivity index (χ2n) is 2.70. The molecule has 0 bridgehead atoms. The largest absolute Gasteiger partial charge is 0.459 e. The summed E-state index contributed by atoms with van der Waals surface area (Å²) in [7, 11) is 0.723. The molecule has 3 nitrogen and oxygen atoms in total. The SMILES string of the molecule is COP(O)(=S)OCC(F)(F)C(F)(F)C(F)(F)F. The van der Waals surface area contributed by atoms with Gasteiger partial charge in [-0.15, -0.1) is 0 Å². The number of alkyl halides is 7. The van der Waals surface area contributed by atoms with Crippen LogP contribution in [0.15, 0.2) is 0 Å². The van der Waals surface area contributed by atoms with E-state index >= 15 is 0 Å². The molecule has 0 rings (SSSR count). The summed E-state index contributed by atoms with van der Waals surface area (Å²) >= 11 is 3.99. The van der Waals surface area contributed by atoms with E-state index in [1.165, 1.54) is 0 Å². The minimum atomic E-state index is -6.45. The topological polar surface area (TPSA) is 38.7 Å². The van der Waals surface area contributed by atoms with Crippen LogP contribution in [-0.4, -0.2) is 36.6 Å². The summed E-state index contributed by atoms with van der Waals surface area (Å²) in [5.41, 5.74) is 0. The molecule has 0 aromatic rings. The molecule has 0 fully saturated rings. The lowest BCUT2D eigenvalue weighted by molar-refractivity contribution is -0.358. The van der Waals surface area contributed by atoms with Gasteiger partial charge in [0.15, 0.2) is 0 Å². The smallest absolute Gasteiger partial charge is 0.324 e. The van der Waals surface area contributed by atoms with E-state index in [0.717, 1.165) is 7.11 Å². The minimum Gasteiger partial charge on any atom is -0.324 e. The van der Waals surface area contributed by atoms with Crippen LogP contribution in [0.2, 0.25) is 0 Å². The van der Waals surface area contributed by atoms with E-state index in [-0.39, 0.29) is 0 Å². The quantitative estimate of drug-likeness (QED) is 0.626. The molecule has 104 valence electrons. The van der Waals surface area contributed by atoms with Crippen LogP contribution >= 0.6 is 6.72 Å². The van der Waals surface area contributed by atoms with E-state index in [2.05, 4.69) is 20.9 Å². The number of rotatable bonds is 5. The molecule has 1 N–H and O–H groups in total. The summed E-state index contributed by atoms with van der Waals surface area (Å²) in [5.74, 6) is -11.9. The van der Waals surface area contributed by atoms with Crippen molar-refractivity contribution in [2.45, 2.75) is 18.0 Å². The Balaban J connectivity index is 4.87. The predicted octanol–water partition coefficient (Wildman–Crippen LogP) is 2.70. The summed E-state index contributed by atoms with van der Waals surface area (Å²) < 4.78 is 92.2. The molecular weight excluding hydrogens is 304 g/mol. The average molecular weight is 310 g/mol. The van der Waals surface area contributed by atoms with Crippen molar-refractivity contribution in [2.24, 2.45) is 0 Å². The van der Waals surface area contributed by atoms with E-state index in [4.69, 9.17) is 4.89 Å². The molecule has 0 radical (unpaired) electrons. The third-order valence-electron chi connectivity index (χ3n) is 1.46. The van der Waals surface area contributed by atoms with Crippen LogP contribution < -0.4 is 0 Å². The third kappa shape index (κ3) is 4.02. The molecule has 0 saturated heterocycles. The van der Waals surface area contributed by atoms with Crippen molar-refractivity contribution in [3.05, 3.63) is 0 Å². The van der Waals surface area contributed by atoms with Crippen LogP contribution in [0, 0.1) is 0 Å². The summed E-state index contributed by atoms with van der Waals surface area (Å²) in [6.45, 7) is -6.65. The van der Waals surface area contributed by atoms with Gasteiger partial charge in [0.1, 0.15) is 6.61 Å². The van der Waals surface area contributed by atoms with Gasteiger partial charge in [0, 0.05) is 7.11 Å². The van der Waals surface area contributed by atoms with Gasteiger partial charge < -0.3 is 13.9 Å². The molecule has 0 aliphatic carbocycles. The molecule has 12 heteroatoms. The Morgan fingerprint density at radius 1 is 1.12 bits per heavy atom. The first kappa shape index (κ1) is 17.0. The van der Waals surface area contributed by atoms with Crippen LogP contribution in [0.1, 0.15) is 0 Å². The van der Waals surface area contributed by atoms with Crippen LogP contribution in [0.25, 0.3) is 0 Å². The maximum Gasteiger partial charge on any atom is 0.459 e. The molecule has 0 spiro atoms. The van der Waals surface area contributed by atoms with E-state index in [1.807, 2.05) is 0 Å². The third-order valence-corrected chi connectivity index (χ3v) is 3.14. The molecule has 0 aliphatic heterocycles. The maximum atomic E-state index is 12.6. The molecule has 1 unspecified atom stereocenters. The maximum absolute atomic E-state index is 12.6. The van der Waals surface area contributed by atoms with Crippen molar-refractivity contribution < 1.29 is 44.7 Å². The highest BCUT2D eigenvalue weighted by atomic mass is 32.5. The van der Waals surface area contributed by atoms with Gasteiger partial charge in [0.2, 0.25) is 0 Å². The van der Waals surface area contributed by atoms with Gasteiger partial charge in [-0.1, -0.05) is 0 Å². The fourth-order valence-corrected chi connectivity index (χ4v) is 1.10. The van der Waals surface area contributed by atoms with E-state index < -0.39 is 31.3 Å². The lowest BCUT2D eigenvalue weighted by atomic mass is 10.2. The number of halogens is 7. The second-order valence-corrected chi connectivity index (χ2v) is 5.65. The first-order valence-corrected chi connectivity index (χ1v) is 6.21. The van der Waals surface area contributed by atoms with Gasteiger partial charge in [-0.3, -0.25) is 0 Å².